The molecule has 0 spiro atoms. The molecule has 2 heterocycles. The first kappa shape index (κ1) is 12.0. The van der Waals surface area contributed by atoms with Crippen molar-refractivity contribution >= 4 is 11.3 Å². The number of rotatable bonds is 4. The Morgan fingerprint density at radius 1 is 1.62 bits per heavy atom. The second kappa shape index (κ2) is 5.75. The number of nitrogens with zero attached hydrogens (tertiary/aromatic N) is 1. The van der Waals surface area contributed by atoms with Gasteiger partial charge < -0.3 is 10.1 Å². The summed E-state index contributed by atoms with van der Waals surface area (Å²) in [5.74, 6) is 0.531. The van der Waals surface area contributed by atoms with Gasteiger partial charge in [0.25, 0.3) is 0 Å². The normalized spacial score (nSPS) is 21.6. The molecule has 1 fully saturated rings. The van der Waals surface area contributed by atoms with Gasteiger partial charge in [-0.25, -0.2) is 4.98 Å². The van der Waals surface area contributed by atoms with Crippen LogP contribution >= 0.6 is 11.3 Å². The van der Waals surface area contributed by atoms with Crippen LogP contribution in [0.5, 0.6) is 0 Å². The summed E-state index contributed by atoms with van der Waals surface area (Å²) in [5, 5.41) is 6.87. The Bertz CT molecular complexity index is 319. The molecule has 1 aliphatic heterocycles. The van der Waals surface area contributed by atoms with Crippen LogP contribution in [0.2, 0.25) is 0 Å². The Morgan fingerprint density at radius 3 is 3.12 bits per heavy atom. The molecule has 0 saturated carbocycles. The quantitative estimate of drug-likeness (QED) is 0.878. The lowest BCUT2D eigenvalue weighted by molar-refractivity contribution is 0.0699. The minimum atomic E-state index is 0.514. The average Bonchev–Trinajstić information content (AvgIpc) is 2.76. The first-order chi connectivity index (χ1) is 7.75. The first-order valence-corrected chi connectivity index (χ1v) is 6.89. The molecule has 0 bridgehead atoms. The molecule has 1 aromatic rings. The highest BCUT2D eigenvalue weighted by molar-refractivity contribution is 7.09. The van der Waals surface area contributed by atoms with E-state index in [1.54, 1.807) is 11.3 Å². The van der Waals surface area contributed by atoms with E-state index in [1.165, 1.54) is 23.5 Å². The molecule has 1 N–H and O–H groups in total. The number of hydrogen-bond donors (Lipinski definition) is 1. The van der Waals surface area contributed by atoms with E-state index in [0.717, 1.165) is 19.8 Å². The van der Waals surface area contributed by atoms with E-state index in [4.69, 9.17) is 4.74 Å². The molecule has 2 rings (SSSR count). The zero-order valence-electron chi connectivity index (χ0n) is 10.0. The number of aromatic nitrogens is 1. The monoisotopic (exact) mass is 240 g/mol. The van der Waals surface area contributed by atoms with Gasteiger partial charge in [-0.05, 0) is 18.8 Å². The third-order valence-electron chi connectivity index (χ3n) is 2.86. The van der Waals surface area contributed by atoms with Gasteiger partial charge in [-0.1, -0.05) is 13.8 Å². The van der Waals surface area contributed by atoms with Crippen molar-refractivity contribution in [2.24, 2.45) is 0 Å². The molecule has 90 valence electrons. The lowest BCUT2D eigenvalue weighted by Gasteiger charge is -2.22. The maximum Gasteiger partial charge on any atom is 0.107 e. The van der Waals surface area contributed by atoms with E-state index in [1.807, 2.05) is 0 Å². The van der Waals surface area contributed by atoms with Gasteiger partial charge in [-0.3, -0.25) is 0 Å². The van der Waals surface area contributed by atoms with E-state index in [9.17, 15) is 0 Å². The molecule has 3 nitrogen and oxygen atoms in total. The molecule has 1 aromatic heterocycles. The largest absolute Gasteiger partial charge is 0.380 e. The summed E-state index contributed by atoms with van der Waals surface area (Å²) < 4.78 is 5.43. The van der Waals surface area contributed by atoms with Crippen LogP contribution in [0.25, 0.3) is 0 Å². The third-order valence-corrected chi connectivity index (χ3v) is 3.73. The van der Waals surface area contributed by atoms with Crippen molar-refractivity contribution in [3.63, 3.8) is 0 Å². The Kier molecular flexibility index (Phi) is 4.32. The van der Waals surface area contributed by atoms with Crippen LogP contribution in [0, 0.1) is 0 Å². The van der Waals surface area contributed by atoms with E-state index >= 15 is 0 Å². The van der Waals surface area contributed by atoms with Crippen LogP contribution in [0.3, 0.4) is 0 Å². The number of nitrogens with one attached hydrogen (secondary N) is 1. The Labute approximate surface area is 101 Å². The molecule has 0 aromatic carbocycles. The van der Waals surface area contributed by atoms with Crippen LogP contribution in [0.15, 0.2) is 5.38 Å². The summed E-state index contributed by atoms with van der Waals surface area (Å²) in [7, 11) is 0. The van der Waals surface area contributed by atoms with Gasteiger partial charge in [0.1, 0.15) is 5.01 Å². The second-order valence-corrected chi connectivity index (χ2v) is 5.56. The molecule has 0 aliphatic carbocycles. The molecule has 4 heteroatoms. The summed E-state index contributed by atoms with van der Waals surface area (Å²) in [4.78, 5) is 4.61. The van der Waals surface area contributed by atoms with Gasteiger partial charge in [0.2, 0.25) is 0 Å². The van der Waals surface area contributed by atoms with Crippen LogP contribution in [0.1, 0.15) is 43.3 Å². The highest BCUT2D eigenvalue weighted by Crippen LogP contribution is 2.18. The minimum absolute atomic E-state index is 0.514. The molecule has 1 aliphatic rings. The van der Waals surface area contributed by atoms with Crippen molar-refractivity contribution in [3.05, 3.63) is 16.1 Å². The molecule has 0 amide bonds. The fourth-order valence-electron chi connectivity index (χ4n) is 1.80. The van der Waals surface area contributed by atoms with Crippen LogP contribution in [-0.4, -0.2) is 24.2 Å². The number of hydrogen-bond acceptors (Lipinski definition) is 4. The predicted octanol–water partition coefficient (Wildman–Crippen LogP) is 2.54. The van der Waals surface area contributed by atoms with Gasteiger partial charge in [-0.2, -0.15) is 0 Å². The zero-order valence-corrected chi connectivity index (χ0v) is 10.8. The molecular formula is C12H20N2OS. The van der Waals surface area contributed by atoms with Crippen molar-refractivity contribution in [2.75, 3.05) is 13.2 Å². The van der Waals surface area contributed by atoms with Crippen molar-refractivity contribution in [1.82, 2.24) is 10.3 Å². The van der Waals surface area contributed by atoms with Crippen LogP contribution < -0.4 is 5.32 Å². The molecule has 0 radical (unpaired) electrons. The van der Waals surface area contributed by atoms with E-state index in [-0.39, 0.29) is 0 Å². The van der Waals surface area contributed by atoms with Gasteiger partial charge >= 0.3 is 0 Å². The van der Waals surface area contributed by atoms with Gasteiger partial charge in [-0.15, -0.1) is 11.3 Å². The predicted molar refractivity (Wildman–Crippen MR) is 66.9 cm³/mol. The minimum Gasteiger partial charge on any atom is -0.380 e. The SMILES string of the molecule is CC(C)c1csc(CNC2CCCOC2)n1. The zero-order chi connectivity index (χ0) is 11.4. The third kappa shape index (κ3) is 3.27. The summed E-state index contributed by atoms with van der Waals surface area (Å²) >= 11 is 1.75. The summed E-state index contributed by atoms with van der Waals surface area (Å²) in [6.45, 7) is 7.02. The van der Waals surface area contributed by atoms with Crippen LogP contribution in [0.4, 0.5) is 0 Å². The maximum absolute atomic E-state index is 5.43. The molecule has 1 atom stereocenters. The molecular weight excluding hydrogens is 220 g/mol. The Morgan fingerprint density at radius 2 is 2.50 bits per heavy atom. The van der Waals surface area contributed by atoms with Crippen molar-refractivity contribution in [1.29, 1.82) is 0 Å². The second-order valence-electron chi connectivity index (χ2n) is 4.62. The topological polar surface area (TPSA) is 34.1 Å². The lowest BCUT2D eigenvalue weighted by atomic mass is 10.1. The summed E-state index contributed by atoms with van der Waals surface area (Å²) in [5.41, 5.74) is 1.21. The van der Waals surface area contributed by atoms with Crippen molar-refractivity contribution in [3.8, 4) is 0 Å². The van der Waals surface area contributed by atoms with E-state index in [2.05, 4.69) is 29.5 Å². The van der Waals surface area contributed by atoms with Crippen molar-refractivity contribution in [2.45, 2.75) is 45.2 Å². The highest BCUT2D eigenvalue weighted by atomic mass is 32.1. The number of ether oxygens (including phenoxy) is 1. The standard InChI is InChI=1S/C12H20N2OS/c1-9(2)11-8-16-12(14-11)6-13-10-4-3-5-15-7-10/h8-10,13H,3-7H2,1-2H3. The lowest BCUT2D eigenvalue weighted by Crippen LogP contribution is -2.36. The molecule has 1 unspecified atom stereocenters. The fraction of sp³-hybridized carbons (Fsp3) is 0.750. The Balaban J connectivity index is 1.79. The van der Waals surface area contributed by atoms with Crippen molar-refractivity contribution < 1.29 is 4.74 Å². The van der Waals surface area contributed by atoms with Gasteiger partial charge in [0, 0.05) is 24.6 Å². The maximum atomic E-state index is 5.43. The molecule has 1 saturated heterocycles. The smallest absolute Gasteiger partial charge is 0.107 e. The average molecular weight is 240 g/mol. The highest BCUT2D eigenvalue weighted by Gasteiger charge is 2.13. The van der Waals surface area contributed by atoms with Crippen LogP contribution in [-0.2, 0) is 11.3 Å². The Hall–Kier alpha value is -0.450. The molecule has 16 heavy (non-hydrogen) atoms. The number of thiazole rings is 1. The van der Waals surface area contributed by atoms with Gasteiger partial charge in [0.15, 0.2) is 0 Å². The summed E-state index contributed by atoms with van der Waals surface area (Å²) in [6.07, 6.45) is 2.40. The van der Waals surface area contributed by atoms with E-state index in [0.29, 0.717) is 12.0 Å². The fourth-order valence-corrected chi connectivity index (χ4v) is 2.71. The summed E-state index contributed by atoms with van der Waals surface area (Å²) in [6, 6.07) is 0.514. The van der Waals surface area contributed by atoms with Gasteiger partial charge in [0.05, 0.1) is 12.3 Å². The van der Waals surface area contributed by atoms with E-state index < -0.39 is 0 Å². The first-order valence-electron chi connectivity index (χ1n) is 6.01.